The van der Waals surface area contributed by atoms with Crippen molar-refractivity contribution < 1.29 is 5.11 Å². The van der Waals surface area contributed by atoms with Gasteiger partial charge in [0.2, 0.25) is 0 Å². The Hall–Kier alpha value is -0.820. The van der Waals surface area contributed by atoms with Gasteiger partial charge in [0.05, 0.1) is 5.60 Å². The van der Waals surface area contributed by atoms with Gasteiger partial charge in [0.1, 0.15) is 0 Å². The normalized spacial score (nSPS) is 45.4. The number of hydrogen-bond acceptors (Lipinski definition) is 1. The Bertz CT molecular complexity index is 464. The molecule has 1 N–H and O–H groups in total. The Balaban J connectivity index is 1.70. The molecule has 0 saturated heterocycles. The summed E-state index contributed by atoms with van der Waals surface area (Å²) in [5, 5.41) is 10.9. The standard InChI is InChI=1S/C18H24O/c1-13(16-5-3-2-4-6-16)17-8-14-7-15(9-17)11-18(19,10-14)12-17/h2-6,13-15,19H,7-12H2,1H3. The second-order valence-electron chi connectivity index (χ2n) is 7.68. The highest BCUT2D eigenvalue weighted by Gasteiger charge is 2.58. The number of aliphatic hydroxyl groups is 1. The second-order valence-corrected chi connectivity index (χ2v) is 7.68. The van der Waals surface area contributed by atoms with Gasteiger partial charge in [-0.1, -0.05) is 37.3 Å². The van der Waals surface area contributed by atoms with Gasteiger partial charge < -0.3 is 5.11 Å². The van der Waals surface area contributed by atoms with Gasteiger partial charge in [0, 0.05) is 0 Å². The second kappa shape index (κ2) is 3.85. The highest BCUT2D eigenvalue weighted by atomic mass is 16.3. The average molecular weight is 256 g/mol. The summed E-state index contributed by atoms with van der Waals surface area (Å²) in [5.74, 6) is 2.17. The van der Waals surface area contributed by atoms with Crippen LogP contribution in [0, 0.1) is 17.3 Å². The summed E-state index contributed by atoms with van der Waals surface area (Å²) in [6, 6.07) is 11.0. The van der Waals surface area contributed by atoms with E-state index in [1.165, 1.54) is 24.8 Å². The molecule has 1 aromatic carbocycles. The zero-order chi connectivity index (χ0) is 13.1. The van der Waals surface area contributed by atoms with E-state index in [1.807, 2.05) is 0 Å². The lowest BCUT2D eigenvalue weighted by atomic mass is 9.44. The number of hydrogen-bond donors (Lipinski definition) is 1. The molecule has 4 bridgehead atoms. The molecule has 0 aliphatic heterocycles. The molecule has 4 fully saturated rings. The summed E-state index contributed by atoms with van der Waals surface area (Å²) in [5.41, 5.74) is 1.51. The van der Waals surface area contributed by atoms with Crippen molar-refractivity contribution in [1.82, 2.24) is 0 Å². The summed E-state index contributed by atoms with van der Waals surface area (Å²) >= 11 is 0. The topological polar surface area (TPSA) is 20.2 Å². The quantitative estimate of drug-likeness (QED) is 0.844. The largest absolute Gasteiger partial charge is 0.390 e. The molecule has 1 aromatic rings. The molecule has 0 radical (unpaired) electrons. The summed E-state index contributed by atoms with van der Waals surface area (Å²) < 4.78 is 0. The van der Waals surface area contributed by atoms with Crippen molar-refractivity contribution in [2.45, 2.75) is 57.0 Å². The predicted octanol–water partition coefficient (Wildman–Crippen LogP) is 4.12. The van der Waals surface area contributed by atoms with E-state index in [9.17, 15) is 5.11 Å². The molecule has 0 aromatic heterocycles. The molecule has 5 rings (SSSR count). The van der Waals surface area contributed by atoms with E-state index in [4.69, 9.17) is 0 Å². The number of benzene rings is 1. The Kier molecular flexibility index (Phi) is 2.42. The zero-order valence-corrected chi connectivity index (χ0v) is 11.8. The van der Waals surface area contributed by atoms with Gasteiger partial charge in [-0.3, -0.25) is 0 Å². The van der Waals surface area contributed by atoms with E-state index in [1.54, 1.807) is 0 Å². The molecule has 0 amide bonds. The van der Waals surface area contributed by atoms with Crippen LogP contribution in [0.3, 0.4) is 0 Å². The summed E-state index contributed by atoms with van der Waals surface area (Å²) in [6.45, 7) is 2.39. The molecule has 102 valence electrons. The van der Waals surface area contributed by atoms with Crippen molar-refractivity contribution in [3.05, 3.63) is 35.9 Å². The van der Waals surface area contributed by atoms with Crippen molar-refractivity contribution >= 4 is 0 Å². The van der Waals surface area contributed by atoms with E-state index >= 15 is 0 Å². The van der Waals surface area contributed by atoms with Crippen LogP contribution in [0.15, 0.2) is 30.3 Å². The predicted molar refractivity (Wildman–Crippen MR) is 76.9 cm³/mol. The number of rotatable bonds is 2. The first kappa shape index (κ1) is 12.0. The fourth-order valence-electron chi connectivity index (χ4n) is 5.89. The van der Waals surface area contributed by atoms with Gasteiger partial charge in [0.25, 0.3) is 0 Å². The smallest absolute Gasteiger partial charge is 0.0658 e. The molecule has 4 saturated carbocycles. The molecule has 4 aliphatic rings. The minimum Gasteiger partial charge on any atom is -0.390 e. The van der Waals surface area contributed by atoms with Crippen molar-refractivity contribution in [1.29, 1.82) is 0 Å². The average Bonchev–Trinajstić information content (AvgIpc) is 2.36. The molecular formula is C18H24O. The SMILES string of the molecule is CC(c1ccccc1)C12CC3CC(CC(O)(C3)C1)C2. The van der Waals surface area contributed by atoms with Crippen LogP contribution in [0.2, 0.25) is 0 Å². The van der Waals surface area contributed by atoms with E-state index in [2.05, 4.69) is 37.3 Å². The molecule has 1 nitrogen and oxygen atoms in total. The molecule has 0 heterocycles. The van der Waals surface area contributed by atoms with Crippen LogP contribution in [0.25, 0.3) is 0 Å². The monoisotopic (exact) mass is 256 g/mol. The van der Waals surface area contributed by atoms with Gasteiger partial charge in [-0.2, -0.15) is 0 Å². The van der Waals surface area contributed by atoms with Gasteiger partial charge in [-0.25, -0.2) is 0 Å². The lowest BCUT2D eigenvalue weighted by Gasteiger charge is -2.62. The fourth-order valence-corrected chi connectivity index (χ4v) is 5.89. The molecule has 1 heteroatoms. The molecule has 3 unspecified atom stereocenters. The molecule has 0 spiro atoms. The third kappa shape index (κ3) is 1.78. The maximum atomic E-state index is 10.9. The minimum atomic E-state index is -0.326. The van der Waals surface area contributed by atoms with Crippen LogP contribution < -0.4 is 0 Å². The van der Waals surface area contributed by atoms with E-state index in [0.717, 1.165) is 31.1 Å². The van der Waals surface area contributed by atoms with Crippen molar-refractivity contribution in [3.63, 3.8) is 0 Å². The molecule has 3 atom stereocenters. The summed E-state index contributed by atoms with van der Waals surface area (Å²) in [7, 11) is 0. The fraction of sp³-hybridized carbons (Fsp3) is 0.667. The van der Waals surface area contributed by atoms with Gasteiger partial charge in [-0.05, 0) is 67.3 Å². The van der Waals surface area contributed by atoms with Gasteiger partial charge in [0.15, 0.2) is 0 Å². The first-order valence-corrected chi connectivity index (χ1v) is 7.86. The summed E-state index contributed by atoms with van der Waals surface area (Å²) in [4.78, 5) is 0. The van der Waals surface area contributed by atoms with Crippen LogP contribution in [0.1, 0.15) is 56.9 Å². The molecule has 4 aliphatic carbocycles. The maximum absolute atomic E-state index is 10.9. The van der Waals surface area contributed by atoms with Crippen LogP contribution in [0.5, 0.6) is 0 Å². The Morgan fingerprint density at radius 3 is 2.26 bits per heavy atom. The molecular weight excluding hydrogens is 232 g/mol. The van der Waals surface area contributed by atoms with Crippen LogP contribution in [-0.2, 0) is 0 Å². The first-order chi connectivity index (χ1) is 9.09. The lowest BCUT2D eigenvalue weighted by Crippen LogP contribution is -2.57. The van der Waals surface area contributed by atoms with Crippen molar-refractivity contribution in [2.24, 2.45) is 17.3 Å². The Morgan fingerprint density at radius 2 is 1.68 bits per heavy atom. The van der Waals surface area contributed by atoms with Crippen molar-refractivity contribution in [2.75, 3.05) is 0 Å². The van der Waals surface area contributed by atoms with E-state index in [0.29, 0.717) is 11.3 Å². The minimum absolute atomic E-state index is 0.326. The summed E-state index contributed by atoms with van der Waals surface area (Å²) in [6.07, 6.45) is 7.28. The van der Waals surface area contributed by atoms with Crippen LogP contribution >= 0.6 is 0 Å². The highest BCUT2D eigenvalue weighted by molar-refractivity contribution is 5.24. The Morgan fingerprint density at radius 1 is 1.05 bits per heavy atom. The maximum Gasteiger partial charge on any atom is 0.0658 e. The van der Waals surface area contributed by atoms with Gasteiger partial charge in [-0.15, -0.1) is 0 Å². The third-order valence-electron chi connectivity index (χ3n) is 6.29. The van der Waals surface area contributed by atoms with Crippen LogP contribution in [0.4, 0.5) is 0 Å². The lowest BCUT2D eigenvalue weighted by molar-refractivity contribution is -0.170. The highest BCUT2D eigenvalue weighted by Crippen LogP contribution is 2.65. The molecule has 19 heavy (non-hydrogen) atoms. The van der Waals surface area contributed by atoms with E-state index < -0.39 is 0 Å². The first-order valence-electron chi connectivity index (χ1n) is 7.86. The van der Waals surface area contributed by atoms with Gasteiger partial charge >= 0.3 is 0 Å². The van der Waals surface area contributed by atoms with Crippen LogP contribution in [-0.4, -0.2) is 10.7 Å². The van der Waals surface area contributed by atoms with E-state index in [-0.39, 0.29) is 5.60 Å². The third-order valence-corrected chi connectivity index (χ3v) is 6.29. The Labute approximate surface area is 116 Å². The van der Waals surface area contributed by atoms with Crippen molar-refractivity contribution in [3.8, 4) is 0 Å². The zero-order valence-electron chi connectivity index (χ0n) is 11.8.